The van der Waals surface area contributed by atoms with Crippen LogP contribution in [0.2, 0.25) is 0 Å². The lowest BCUT2D eigenvalue weighted by molar-refractivity contribution is -0.492. The minimum Gasteiger partial charge on any atom is -0.449 e. The number of morpholine rings is 1. The average Bonchev–Trinajstić information content (AvgIpc) is 3.59. The summed E-state index contributed by atoms with van der Waals surface area (Å²) in [5, 5.41) is 20.5. The second-order valence-corrected chi connectivity index (χ2v) is 16.0. The highest BCUT2D eigenvalue weighted by molar-refractivity contribution is 5.76. The van der Waals surface area contributed by atoms with Gasteiger partial charge in [0.25, 0.3) is 0 Å². The Balaban J connectivity index is 1.16. The third kappa shape index (κ3) is 12.3. The molecule has 8 unspecified atom stereocenters. The zero-order valence-electron chi connectivity index (χ0n) is 33.2. The van der Waals surface area contributed by atoms with E-state index in [0.717, 1.165) is 76.3 Å². The van der Waals surface area contributed by atoms with Gasteiger partial charge in [-0.3, -0.25) is 24.9 Å². The van der Waals surface area contributed by atoms with E-state index in [0.29, 0.717) is 82.2 Å². The summed E-state index contributed by atoms with van der Waals surface area (Å²) in [6.07, 6.45) is 4.08. The molecule has 2 saturated carbocycles. The zero-order valence-corrected chi connectivity index (χ0v) is 33.2. The van der Waals surface area contributed by atoms with Crippen LogP contribution in [0.5, 0.6) is 0 Å². The van der Waals surface area contributed by atoms with Crippen LogP contribution in [0.15, 0.2) is 24.3 Å². The summed E-state index contributed by atoms with van der Waals surface area (Å²) in [7, 11) is 3.40. The van der Waals surface area contributed by atoms with Gasteiger partial charge < -0.3 is 43.4 Å². The van der Waals surface area contributed by atoms with E-state index in [-0.39, 0.29) is 55.0 Å². The average molecular weight is 793 g/mol. The molecule has 2 aliphatic carbocycles. The second-order valence-electron chi connectivity index (χ2n) is 16.0. The molecule has 0 bridgehead atoms. The van der Waals surface area contributed by atoms with E-state index < -0.39 is 6.09 Å². The molecule has 56 heavy (non-hydrogen) atoms. The van der Waals surface area contributed by atoms with Gasteiger partial charge in [0.1, 0.15) is 0 Å². The van der Waals surface area contributed by atoms with Crippen LogP contribution in [0, 0.1) is 29.6 Å². The van der Waals surface area contributed by atoms with Crippen molar-refractivity contribution < 1.29 is 58.0 Å². The molecule has 0 aromatic heterocycles. The summed E-state index contributed by atoms with van der Waals surface area (Å²) in [6.45, 7) is 7.99. The van der Waals surface area contributed by atoms with Crippen LogP contribution < -0.4 is 5.32 Å². The molecule has 3 saturated heterocycles. The maximum Gasteiger partial charge on any atom is 0.409 e. The predicted octanol–water partition coefficient (Wildman–Crippen LogP) is 3.09. The number of rotatable bonds is 22. The monoisotopic (exact) mass is 792 g/mol. The van der Waals surface area contributed by atoms with Crippen molar-refractivity contribution in [2.75, 3.05) is 106 Å². The van der Waals surface area contributed by atoms with E-state index in [2.05, 4.69) is 39.3 Å². The Morgan fingerprint density at radius 3 is 2.54 bits per heavy atom. The molecule has 1 aromatic carbocycles. The number of likely N-dealkylation sites (tertiary alicyclic amines) is 1. The topological polar surface area (TPSA) is 170 Å². The highest BCUT2D eigenvalue weighted by atomic mass is 17.1. The largest absolute Gasteiger partial charge is 0.449 e. The number of fused-ring (bicyclic) bond motifs is 2. The number of methoxy groups -OCH3 is 2. The summed E-state index contributed by atoms with van der Waals surface area (Å²) in [5.41, 5.74) is 2.13. The number of ether oxygens (including phenoxy) is 7. The van der Waals surface area contributed by atoms with Crippen molar-refractivity contribution in [2.24, 2.45) is 29.6 Å². The first-order valence-corrected chi connectivity index (χ1v) is 20.5. The molecule has 16 nitrogen and oxygen atoms in total. The molecule has 6 rings (SSSR count). The number of carbonyl (C=O) groups is 2. The van der Waals surface area contributed by atoms with E-state index in [1.54, 1.807) is 19.1 Å². The Kier molecular flexibility index (Phi) is 17.0. The van der Waals surface area contributed by atoms with E-state index in [1.807, 2.05) is 0 Å². The minimum absolute atomic E-state index is 0.0206. The third-order valence-corrected chi connectivity index (χ3v) is 12.3. The normalized spacial score (nSPS) is 30.2. The first-order chi connectivity index (χ1) is 27.3. The highest BCUT2D eigenvalue weighted by Crippen LogP contribution is 2.52. The number of piperidine rings is 1. The van der Waals surface area contributed by atoms with Crippen LogP contribution in [0.4, 0.5) is 4.79 Å². The molecule has 3 N–H and O–H groups in total. The van der Waals surface area contributed by atoms with Crippen LogP contribution in [0.1, 0.15) is 55.6 Å². The summed E-state index contributed by atoms with van der Waals surface area (Å²) in [5.74, 6) is 1.43. The molecule has 5 fully saturated rings. The Hall–Kier alpha value is -2.48. The number of hydrogen-bond donors (Lipinski definition) is 3. The second kappa shape index (κ2) is 22.0. The van der Waals surface area contributed by atoms with E-state index >= 15 is 0 Å². The van der Waals surface area contributed by atoms with Crippen molar-refractivity contribution >= 4 is 12.0 Å². The van der Waals surface area contributed by atoms with Crippen LogP contribution in [0.25, 0.3) is 0 Å². The van der Waals surface area contributed by atoms with Gasteiger partial charge in [-0.1, -0.05) is 24.3 Å². The van der Waals surface area contributed by atoms with Crippen molar-refractivity contribution in [1.29, 1.82) is 0 Å². The van der Waals surface area contributed by atoms with Gasteiger partial charge in [0.05, 0.1) is 77.0 Å². The van der Waals surface area contributed by atoms with Gasteiger partial charge >= 0.3 is 6.09 Å². The SMILES string of the molecule is COCCCN1CCOC2CCC(COC3CN(C(=O)OCCCON(O)O)CC(CNC(=O)CC4C5COCC54)C3c3ccc(COCCOC)cc3)CC21. The van der Waals surface area contributed by atoms with Crippen LogP contribution in [0.3, 0.4) is 0 Å². The van der Waals surface area contributed by atoms with Gasteiger partial charge in [0.15, 0.2) is 0 Å². The standard InChI is InChI=1S/C40H64N4O12/c1-49-13-3-11-42-12-16-53-36-10-7-29(19-35(36)42)25-55-37-23-43(40(46)54-14-4-15-56-44(47)48)22-31(21-41-38(45)20-32-33-26-52-27-34(32)33)39(37)30-8-5-28(6-9-30)24-51-18-17-50-2/h5-6,8-9,29,31-37,39,47-48H,3-4,7,10-27H2,1-2H3,(H,41,45). The smallest absolute Gasteiger partial charge is 0.409 e. The van der Waals surface area contributed by atoms with E-state index in [9.17, 15) is 9.59 Å². The summed E-state index contributed by atoms with van der Waals surface area (Å²) >= 11 is 0. The molecule has 8 atom stereocenters. The molecular weight excluding hydrogens is 728 g/mol. The number of benzene rings is 1. The van der Waals surface area contributed by atoms with Gasteiger partial charge in [0.2, 0.25) is 5.91 Å². The lowest BCUT2D eigenvalue weighted by Crippen LogP contribution is -2.55. The summed E-state index contributed by atoms with van der Waals surface area (Å²) in [6, 6.07) is 8.74. The highest BCUT2D eigenvalue weighted by Gasteiger charge is 2.54. The van der Waals surface area contributed by atoms with Gasteiger partial charge in [-0.25, -0.2) is 4.79 Å². The molecule has 0 spiro atoms. The molecule has 3 aliphatic heterocycles. The summed E-state index contributed by atoms with van der Waals surface area (Å²) < 4.78 is 40.6. The maximum absolute atomic E-state index is 13.6. The number of nitrogens with one attached hydrogen (secondary N) is 1. The fraction of sp³-hybridized carbons (Fsp3) is 0.800. The van der Waals surface area contributed by atoms with E-state index in [1.165, 1.54) is 0 Å². The lowest BCUT2D eigenvalue weighted by atomic mass is 9.78. The number of hydrogen-bond acceptors (Lipinski definition) is 14. The van der Waals surface area contributed by atoms with Crippen molar-refractivity contribution in [3.63, 3.8) is 0 Å². The Bertz CT molecular complexity index is 1330. The van der Waals surface area contributed by atoms with E-state index in [4.69, 9.17) is 43.6 Å². The molecule has 2 amide bonds. The van der Waals surface area contributed by atoms with Crippen molar-refractivity contribution in [1.82, 2.24) is 20.5 Å². The Morgan fingerprint density at radius 1 is 0.964 bits per heavy atom. The molecule has 0 radical (unpaired) electrons. The van der Waals surface area contributed by atoms with Crippen molar-refractivity contribution in [3.05, 3.63) is 35.4 Å². The molecule has 5 aliphatic rings. The van der Waals surface area contributed by atoms with Crippen LogP contribution in [-0.4, -0.2) is 162 Å². The summed E-state index contributed by atoms with van der Waals surface area (Å²) in [4.78, 5) is 35.8. The Labute approximate surface area is 330 Å². The van der Waals surface area contributed by atoms with Gasteiger partial charge in [-0.15, -0.1) is 0 Å². The fourth-order valence-corrected chi connectivity index (χ4v) is 9.28. The fourth-order valence-electron chi connectivity index (χ4n) is 9.28. The minimum atomic E-state index is -0.487. The number of carbonyl (C=O) groups excluding carboxylic acids is 2. The zero-order chi connectivity index (χ0) is 39.3. The van der Waals surface area contributed by atoms with Gasteiger partial charge in [-0.2, -0.15) is 0 Å². The van der Waals surface area contributed by atoms with Crippen molar-refractivity contribution in [2.45, 2.75) is 69.3 Å². The first kappa shape index (κ1) is 43.1. The molecule has 3 heterocycles. The number of nitrogens with zero attached hydrogens (tertiary/aromatic N) is 3. The molecule has 16 heteroatoms. The number of amides is 2. The van der Waals surface area contributed by atoms with Gasteiger partial charge in [0, 0.05) is 84.3 Å². The third-order valence-electron chi connectivity index (χ3n) is 12.3. The predicted molar refractivity (Wildman–Crippen MR) is 201 cm³/mol. The first-order valence-electron chi connectivity index (χ1n) is 20.5. The Morgan fingerprint density at radius 2 is 1.77 bits per heavy atom. The lowest BCUT2D eigenvalue weighted by Gasteiger charge is -2.47. The maximum atomic E-state index is 13.6. The van der Waals surface area contributed by atoms with Crippen molar-refractivity contribution in [3.8, 4) is 0 Å². The van der Waals surface area contributed by atoms with Crippen LogP contribution in [-0.2, 0) is 49.4 Å². The molecule has 316 valence electrons. The molecule has 1 aromatic rings. The van der Waals surface area contributed by atoms with Crippen LogP contribution >= 0.6 is 0 Å². The van der Waals surface area contributed by atoms with Gasteiger partial charge in [-0.05, 0) is 60.5 Å². The molecular formula is C40H64N4O12. The quantitative estimate of drug-likeness (QED) is 0.116.